The first-order valence-electron chi connectivity index (χ1n) is 2.95. The third-order valence-corrected chi connectivity index (χ3v) is 2.40. The number of rotatable bonds is 1. The molecule has 1 heterocycles. The molecule has 0 saturated heterocycles. The van der Waals surface area contributed by atoms with Gasteiger partial charge in [-0.15, -0.1) is 0 Å². The Kier molecular flexibility index (Phi) is 2.28. The lowest BCUT2D eigenvalue weighted by Crippen LogP contribution is -2.03. The molecule has 5 nitrogen and oxygen atoms in total. The maximum Gasteiger partial charge on any atom is 0.366 e. The maximum absolute atomic E-state index is 12.4. The van der Waals surface area contributed by atoms with Crippen molar-refractivity contribution in [2.75, 3.05) is 0 Å². The normalized spacial score (nSPS) is 11.2. The highest BCUT2D eigenvalue weighted by atomic mass is 35.5. The Labute approximate surface area is 78.6 Å². The molecule has 0 aromatic carbocycles. The predicted octanol–water partition coefficient (Wildman–Crippen LogP) is 0.603. The molecule has 0 fully saturated rings. The van der Waals surface area contributed by atoms with Crippen molar-refractivity contribution in [3.05, 3.63) is 10.8 Å². The third kappa shape index (κ3) is 1.64. The van der Waals surface area contributed by atoms with E-state index in [1.54, 1.807) is 6.07 Å². The minimum atomic E-state index is -4.93. The topological polar surface area (TPSA) is 75.8 Å². The highest BCUT2D eigenvalue weighted by molar-refractivity contribution is 7.86. The van der Waals surface area contributed by atoms with Crippen LogP contribution in [0.3, 0.4) is 0 Å². The van der Waals surface area contributed by atoms with Crippen LogP contribution >= 0.6 is 11.6 Å². The van der Waals surface area contributed by atoms with Crippen molar-refractivity contribution in [1.82, 2.24) is 9.55 Å². The lowest BCUT2D eigenvalue weighted by Gasteiger charge is -1.94. The van der Waals surface area contributed by atoms with Gasteiger partial charge in [0.1, 0.15) is 6.07 Å². The smallest absolute Gasteiger partial charge is 0.306 e. The van der Waals surface area contributed by atoms with E-state index in [9.17, 15) is 12.3 Å². The Bertz CT molecular complexity index is 487. The Hall–Kier alpha value is -1.13. The number of imidazole rings is 1. The van der Waals surface area contributed by atoms with Gasteiger partial charge in [0.25, 0.3) is 5.16 Å². The Balaban J connectivity index is 3.56. The van der Waals surface area contributed by atoms with Crippen LogP contribution in [0.1, 0.15) is 5.69 Å². The Morgan fingerprint density at radius 1 is 1.69 bits per heavy atom. The second-order valence-corrected chi connectivity index (χ2v) is 3.74. The fraction of sp³-hybridized carbons (Fsp3) is 0.200. The molecule has 70 valence electrons. The van der Waals surface area contributed by atoms with Crippen LogP contribution in [0, 0.1) is 11.3 Å². The van der Waals surface area contributed by atoms with Gasteiger partial charge in [0, 0.05) is 7.05 Å². The van der Waals surface area contributed by atoms with Crippen molar-refractivity contribution < 1.29 is 12.3 Å². The lowest BCUT2D eigenvalue weighted by atomic mass is 10.5. The monoisotopic (exact) mass is 223 g/mol. The zero-order chi connectivity index (χ0) is 10.2. The summed E-state index contributed by atoms with van der Waals surface area (Å²) in [5.41, 5.74) is -0.196. The second kappa shape index (κ2) is 2.97. The van der Waals surface area contributed by atoms with E-state index < -0.39 is 15.4 Å². The molecule has 0 saturated carbocycles. The highest BCUT2D eigenvalue weighted by Gasteiger charge is 2.23. The van der Waals surface area contributed by atoms with Gasteiger partial charge >= 0.3 is 10.2 Å². The van der Waals surface area contributed by atoms with Crippen LogP contribution in [0.15, 0.2) is 5.16 Å². The summed E-state index contributed by atoms with van der Waals surface area (Å²) in [4.78, 5) is 3.20. The standard InChI is InChI=1S/C5H3ClFN3O2S/c1-10-3(2-8)4(6)9-5(10)13(7,11)12/h1H3. The molecular weight excluding hydrogens is 221 g/mol. The fourth-order valence-corrected chi connectivity index (χ4v) is 1.70. The van der Waals surface area contributed by atoms with E-state index >= 15 is 0 Å². The Morgan fingerprint density at radius 2 is 2.23 bits per heavy atom. The fourth-order valence-electron chi connectivity index (χ4n) is 0.785. The van der Waals surface area contributed by atoms with E-state index in [1.807, 2.05) is 0 Å². The number of hydrogen-bond acceptors (Lipinski definition) is 4. The molecule has 0 amide bonds. The van der Waals surface area contributed by atoms with Gasteiger partial charge in [-0.1, -0.05) is 15.5 Å². The number of hydrogen-bond donors (Lipinski definition) is 0. The number of nitrogens with zero attached hydrogens (tertiary/aromatic N) is 3. The zero-order valence-electron chi connectivity index (χ0n) is 6.32. The van der Waals surface area contributed by atoms with Crippen molar-refractivity contribution in [1.29, 1.82) is 5.26 Å². The first-order chi connectivity index (χ1) is 5.88. The van der Waals surface area contributed by atoms with Gasteiger partial charge in [0.2, 0.25) is 0 Å². The van der Waals surface area contributed by atoms with Gasteiger partial charge in [-0.3, -0.25) is 0 Å². The minimum absolute atomic E-state index is 0.196. The molecule has 1 aromatic heterocycles. The van der Waals surface area contributed by atoms with E-state index in [1.165, 1.54) is 7.05 Å². The van der Waals surface area contributed by atoms with E-state index in [4.69, 9.17) is 16.9 Å². The van der Waals surface area contributed by atoms with Gasteiger partial charge in [0.15, 0.2) is 10.8 Å². The molecule has 0 bridgehead atoms. The first kappa shape index (κ1) is 9.95. The molecule has 1 aromatic rings. The number of halogens is 2. The first-order valence-corrected chi connectivity index (χ1v) is 4.71. The summed E-state index contributed by atoms with van der Waals surface area (Å²) in [5, 5.41) is 7.27. The molecule has 13 heavy (non-hydrogen) atoms. The Morgan fingerprint density at radius 3 is 2.46 bits per heavy atom. The van der Waals surface area contributed by atoms with Crippen molar-refractivity contribution in [2.45, 2.75) is 5.16 Å². The second-order valence-electron chi connectivity index (χ2n) is 2.14. The highest BCUT2D eigenvalue weighted by Crippen LogP contribution is 2.19. The van der Waals surface area contributed by atoms with Crippen LogP contribution < -0.4 is 0 Å². The van der Waals surface area contributed by atoms with E-state index in [0.717, 1.165) is 4.57 Å². The molecule has 0 radical (unpaired) electrons. The van der Waals surface area contributed by atoms with Crippen molar-refractivity contribution >= 4 is 21.8 Å². The van der Waals surface area contributed by atoms with Crippen LogP contribution in [-0.4, -0.2) is 18.0 Å². The van der Waals surface area contributed by atoms with Crippen molar-refractivity contribution in [3.8, 4) is 6.07 Å². The number of nitriles is 1. The maximum atomic E-state index is 12.4. The van der Waals surface area contributed by atoms with Crippen molar-refractivity contribution in [3.63, 3.8) is 0 Å². The molecule has 0 aliphatic heterocycles. The molecular formula is C5H3ClFN3O2S. The average Bonchev–Trinajstić information content (AvgIpc) is 2.25. The van der Waals surface area contributed by atoms with Crippen LogP contribution in [0.2, 0.25) is 5.15 Å². The summed E-state index contributed by atoms with van der Waals surface area (Å²) >= 11 is 5.37. The molecule has 1 rings (SSSR count). The molecule has 0 N–H and O–H groups in total. The van der Waals surface area contributed by atoms with E-state index in [-0.39, 0.29) is 10.8 Å². The van der Waals surface area contributed by atoms with Crippen LogP contribution in [0.4, 0.5) is 3.89 Å². The minimum Gasteiger partial charge on any atom is -0.306 e. The molecule has 0 aliphatic rings. The van der Waals surface area contributed by atoms with Gasteiger partial charge in [-0.25, -0.2) is 4.98 Å². The summed E-state index contributed by atoms with van der Waals surface area (Å²) in [6.07, 6.45) is 0. The zero-order valence-corrected chi connectivity index (χ0v) is 7.89. The molecule has 0 spiro atoms. The summed E-state index contributed by atoms with van der Waals surface area (Å²) in [5.74, 6) is 0. The summed E-state index contributed by atoms with van der Waals surface area (Å²) in [6, 6.07) is 1.59. The van der Waals surface area contributed by atoms with Crippen LogP contribution in [0.25, 0.3) is 0 Å². The van der Waals surface area contributed by atoms with Gasteiger partial charge in [0.05, 0.1) is 0 Å². The van der Waals surface area contributed by atoms with Gasteiger partial charge in [-0.2, -0.15) is 13.7 Å². The lowest BCUT2D eigenvalue weighted by molar-refractivity contribution is 0.534. The molecule has 0 atom stereocenters. The van der Waals surface area contributed by atoms with E-state index in [2.05, 4.69) is 4.98 Å². The molecule has 8 heteroatoms. The van der Waals surface area contributed by atoms with Crippen LogP contribution in [0.5, 0.6) is 0 Å². The SMILES string of the molecule is Cn1c(S(=O)(=O)F)nc(Cl)c1C#N. The number of aromatic nitrogens is 2. The summed E-state index contributed by atoms with van der Waals surface area (Å²) < 4.78 is 34.0. The van der Waals surface area contributed by atoms with Crippen LogP contribution in [-0.2, 0) is 17.3 Å². The summed E-state index contributed by atoms with van der Waals surface area (Å²) in [7, 11) is -3.74. The molecule has 0 aliphatic carbocycles. The van der Waals surface area contributed by atoms with E-state index in [0.29, 0.717) is 0 Å². The average molecular weight is 224 g/mol. The summed E-state index contributed by atoms with van der Waals surface area (Å²) in [6.45, 7) is 0. The largest absolute Gasteiger partial charge is 0.366 e. The van der Waals surface area contributed by atoms with Crippen molar-refractivity contribution in [2.24, 2.45) is 7.05 Å². The van der Waals surface area contributed by atoms with Gasteiger partial charge < -0.3 is 4.57 Å². The van der Waals surface area contributed by atoms with Gasteiger partial charge in [-0.05, 0) is 0 Å². The molecule has 0 unspecified atom stereocenters. The quantitative estimate of drug-likeness (QED) is 0.654. The predicted molar refractivity (Wildman–Crippen MR) is 41.2 cm³/mol. The third-order valence-electron chi connectivity index (χ3n) is 1.34.